The Morgan fingerprint density at radius 2 is 2.10 bits per heavy atom. The summed E-state index contributed by atoms with van der Waals surface area (Å²) in [5, 5.41) is 4.91. The minimum absolute atomic E-state index is 0.670. The Morgan fingerprint density at radius 1 is 1.30 bits per heavy atom. The maximum atomic E-state index is 5.38. The maximum absolute atomic E-state index is 5.38. The second-order valence-corrected chi connectivity index (χ2v) is 6.78. The summed E-state index contributed by atoms with van der Waals surface area (Å²) in [5.41, 5.74) is 1.50. The standard InChI is InChI=1S/C17H25NOS/c1-5-8-18-11-17-14(9-12(2)3)15-10-13(19-4)6-7-16(15)20-17/h6-7,10,12,18H,5,8-9,11H2,1-4H3. The number of methoxy groups -OCH3 is 1. The fourth-order valence-corrected chi connectivity index (χ4v) is 3.64. The van der Waals surface area contributed by atoms with E-state index in [-0.39, 0.29) is 0 Å². The Bertz CT molecular complexity index is 559. The molecular weight excluding hydrogens is 266 g/mol. The lowest BCUT2D eigenvalue weighted by molar-refractivity contribution is 0.415. The van der Waals surface area contributed by atoms with Crippen molar-refractivity contribution in [2.45, 2.75) is 40.2 Å². The molecule has 0 aliphatic carbocycles. The van der Waals surface area contributed by atoms with Gasteiger partial charge in [0.1, 0.15) is 5.75 Å². The molecule has 0 bridgehead atoms. The fraction of sp³-hybridized carbons (Fsp3) is 0.529. The van der Waals surface area contributed by atoms with Gasteiger partial charge in [-0.25, -0.2) is 0 Å². The van der Waals surface area contributed by atoms with Gasteiger partial charge in [-0.05, 0) is 54.5 Å². The van der Waals surface area contributed by atoms with Gasteiger partial charge >= 0.3 is 0 Å². The molecule has 2 aromatic rings. The van der Waals surface area contributed by atoms with Gasteiger partial charge in [0.25, 0.3) is 0 Å². The monoisotopic (exact) mass is 291 g/mol. The zero-order chi connectivity index (χ0) is 14.5. The quantitative estimate of drug-likeness (QED) is 0.752. The van der Waals surface area contributed by atoms with Gasteiger partial charge in [-0.15, -0.1) is 11.3 Å². The summed E-state index contributed by atoms with van der Waals surface area (Å²) in [7, 11) is 1.74. The molecule has 0 spiro atoms. The molecule has 0 saturated carbocycles. The van der Waals surface area contributed by atoms with Crippen molar-refractivity contribution in [1.82, 2.24) is 5.32 Å². The Kier molecular flexibility index (Phi) is 5.44. The molecule has 0 aliphatic rings. The summed E-state index contributed by atoms with van der Waals surface area (Å²) in [6.07, 6.45) is 2.31. The largest absolute Gasteiger partial charge is 0.497 e. The SMILES string of the molecule is CCCNCc1sc2ccc(OC)cc2c1CC(C)C. The number of benzene rings is 1. The van der Waals surface area contributed by atoms with Crippen LogP contribution < -0.4 is 10.1 Å². The number of fused-ring (bicyclic) bond motifs is 1. The highest BCUT2D eigenvalue weighted by molar-refractivity contribution is 7.19. The molecule has 0 saturated heterocycles. The third-order valence-electron chi connectivity index (χ3n) is 3.41. The highest BCUT2D eigenvalue weighted by Crippen LogP contribution is 2.35. The van der Waals surface area contributed by atoms with Crippen LogP contribution in [0.15, 0.2) is 18.2 Å². The Morgan fingerprint density at radius 3 is 2.75 bits per heavy atom. The molecule has 0 atom stereocenters. The second kappa shape index (κ2) is 7.09. The average Bonchev–Trinajstić information content (AvgIpc) is 2.76. The van der Waals surface area contributed by atoms with Crippen molar-refractivity contribution >= 4 is 21.4 Å². The van der Waals surface area contributed by atoms with Crippen LogP contribution in [0.5, 0.6) is 5.75 Å². The first-order valence-electron chi connectivity index (χ1n) is 7.44. The van der Waals surface area contributed by atoms with Crippen LogP contribution in [-0.4, -0.2) is 13.7 Å². The number of nitrogens with one attached hydrogen (secondary N) is 1. The summed E-state index contributed by atoms with van der Waals surface area (Å²) in [6.45, 7) is 8.84. The zero-order valence-corrected chi connectivity index (χ0v) is 13.8. The normalized spacial score (nSPS) is 11.4. The minimum atomic E-state index is 0.670. The maximum Gasteiger partial charge on any atom is 0.119 e. The smallest absolute Gasteiger partial charge is 0.119 e. The van der Waals surface area contributed by atoms with Crippen LogP contribution in [0.25, 0.3) is 10.1 Å². The first-order valence-corrected chi connectivity index (χ1v) is 8.26. The minimum Gasteiger partial charge on any atom is -0.497 e. The topological polar surface area (TPSA) is 21.3 Å². The van der Waals surface area contributed by atoms with E-state index in [0.29, 0.717) is 5.92 Å². The van der Waals surface area contributed by atoms with Crippen molar-refractivity contribution in [2.24, 2.45) is 5.92 Å². The van der Waals surface area contributed by atoms with E-state index >= 15 is 0 Å². The van der Waals surface area contributed by atoms with E-state index in [4.69, 9.17) is 4.74 Å². The van der Waals surface area contributed by atoms with Gasteiger partial charge in [0.05, 0.1) is 7.11 Å². The van der Waals surface area contributed by atoms with E-state index in [0.717, 1.165) is 25.3 Å². The molecule has 1 aromatic heterocycles. The lowest BCUT2D eigenvalue weighted by Gasteiger charge is -2.09. The molecule has 0 amide bonds. The average molecular weight is 291 g/mol. The van der Waals surface area contributed by atoms with Gasteiger partial charge in [-0.2, -0.15) is 0 Å². The van der Waals surface area contributed by atoms with E-state index in [2.05, 4.69) is 44.3 Å². The van der Waals surface area contributed by atoms with Crippen molar-refractivity contribution in [3.05, 3.63) is 28.6 Å². The van der Waals surface area contributed by atoms with Gasteiger partial charge < -0.3 is 10.1 Å². The van der Waals surface area contributed by atoms with E-state index < -0.39 is 0 Å². The Hall–Kier alpha value is -1.06. The van der Waals surface area contributed by atoms with Crippen LogP contribution in [-0.2, 0) is 13.0 Å². The third-order valence-corrected chi connectivity index (χ3v) is 4.62. The predicted molar refractivity (Wildman–Crippen MR) is 88.9 cm³/mol. The molecule has 0 radical (unpaired) electrons. The van der Waals surface area contributed by atoms with E-state index in [1.165, 1.54) is 26.9 Å². The fourth-order valence-electron chi connectivity index (χ4n) is 2.46. The molecule has 1 aromatic carbocycles. The lowest BCUT2D eigenvalue weighted by atomic mass is 9.99. The molecule has 0 fully saturated rings. The van der Waals surface area contributed by atoms with Crippen LogP contribution >= 0.6 is 11.3 Å². The summed E-state index contributed by atoms with van der Waals surface area (Å²) < 4.78 is 6.75. The number of rotatable bonds is 7. The van der Waals surface area contributed by atoms with E-state index in [9.17, 15) is 0 Å². The van der Waals surface area contributed by atoms with Crippen LogP contribution in [0.2, 0.25) is 0 Å². The van der Waals surface area contributed by atoms with Crippen molar-refractivity contribution in [1.29, 1.82) is 0 Å². The van der Waals surface area contributed by atoms with Crippen molar-refractivity contribution in [3.8, 4) is 5.75 Å². The van der Waals surface area contributed by atoms with Crippen LogP contribution in [0.1, 0.15) is 37.6 Å². The molecule has 110 valence electrons. The highest BCUT2D eigenvalue weighted by atomic mass is 32.1. The molecule has 1 heterocycles. The summed E-state index contributed by atoms with van der Waals surface area (Å²) in [5.74, 6) is 1.62. The first kappa shape index (κ1) is 15.3. The highest BCUT2D eigenvalue weighted by Gasteiger charge is 2.14. The van der Waals surface area contributed by atoms with Crippen molar-refractivity contribution < 1.29 is 4.74 Å². The predicted octanol–water partition coefficient (Wildman–Crippen LogP) is 4.61. The van der Waals surface area contributed by atoms with Crippen LogP contribution in [0, 0.1) is 5.92 Å². The van der Waals surface area contributed by atoms with E-state index in [1.807, 2.05) is 11.3 Å². The zero-order valence-electron chi connectivity index (χ0n) is 13.0. The second-order valence-electron chi connectivity index (χ2n) is 5.64. The molecular formula is C17H25NOS. The molecule has 0 unspecified atom stereocenters. The summed E-state index contributed by atoms with van der Waals surface area (Å²) in [4.78, 5) is 1.48. The van der Waals surface area contributed by atoms with Crippen LogP contribution in [0.4, 0.5) is 0 Å². The summed E-state index contributed by atoms with van der Waals surface area (Å²) in [6, 6.07) is 6.43. The van der Waals surface area contributed by atoms with E-state index in [1.54, 1.807) is 7.11 Å². The third kappa shape index (κ3) is 3.53. The van der Waals surface area contributed by atoms with Gasteiger partial charge in [0.2, 0.25) is 0 Å². The summed E-state index contributed by atoms with van der Waals surface area (Å²) >= 11 is 1.92. The molecule has 20 heavy (non-hydrogen) atoms. The lowest BCUT2D eigenvalue weighted by Crippen LogP contribution is -2.14. The molecule has 2 rings (SSSR count). The van der Waals surface area contributed by atoms with Crippen LogP contribution in [0.3, 0.4) is 0 Å². The number of ether oxygens (including phenoxy) is 1. The molecule has 1 N–H and O–H groups in total. The van der Waals surface area contributed by atoms with Gasteiger partial charge in [0, 0.05) is 16.1 Å². The number of thiophene rings is 1. The van der Waals surface area contributed by atoms with Gasteiger partial charge in [-0.3, -0.25) is 0 Å². The number of hydrogen-bond acceptors (Lipinski definition) is 3. The van der Waals surface area contributed by atoms with Crippen molar-refractivity contribution in [3.63, 3.8) is 0 Å². The molecule has 0 aliphatic heterocycles. The number of hydrogen-bond donors (Lipinski definition) is 1. The van der Waals surface area contributed by atoms with Gasteiger partial charge in [-0.1, -0.05) is 20.8 Å². The Balaban J connectivity index is 2.38. The Labute approximate surface area is 126 Å². The first-order chi connectivity index (χ1) is 9.65. The molecule has 3 heteroatoms. The molecule has 2 nitrogen and oxygen atoms in total. The van der Waals surface area contributed by atoms with Crippen molar-refractivity contribution in [2.75, 3.05) is 13.7 Å². The van der Waals surface area contributed by atoms with Gasteiger partial charge in [0.15, 0.2) is 0 Å².